The molecule has 0 aromatic carbocycles. The predicted molar refractivity (Wildman–Crippen MR) is 57.3 cm³/mol. The van der Waals surface area contributed by atoms with E-state index in [4.69, 9.17) is 10.5 Å². The molecule has 0 bridgehead atoms. The van der Waals surface area contributed by atoms with Crippen LogP contribution in [0.2, 0.25) is 0 Å². The molecule has 1 saturated heterocycles. The van der Waals surface area contributed by atoms with E-state index in [1.165, 1.54) is 19.3 Å². The summed E-state index contributed by atoms with van der Waals surface area (Å²) in [6.07, 6.45) is 4.14. The first-order valence-electron chi connectivity index (χ1n) is 5.67. The summed E-state index contributed by atoms with van der Waals surface area (Å²) in [6.45, 7) is 2.34. The van der Waals surface area contributed by atoms with Gasteiger partial charge in [-0.2, -0.15) is 0 Å². The lowest BCUT2D eigenvalue weighted by Gasteiger charge is -2.43. The zero-order chi connectivity index (χ0) is 10.9. The number of rotatable bonds is 4. The third kappa shape index (κ3) is 2.16. The van der Waals surface area contributed by atoms with Gasteiger partial charge in [0.2, 0.25) is 5.91 Å². The second kappa shape index (κ2) is 4.10. The Hall–Kier alpha value is -0.610. The van der Waals surface area contributed by atoms with E-state index < -0.39 is 0 Å². The summed E-state index contributed by atoms with van der Waals surface area (Å²) in [4.78, 5) is 13.5. The maximum atomic E-state index is 11.6. The molecular weight excluding hydrogens is 192 g/mol. The van der Waals surface area contributed by atoms with Crippen LogP contribution in [0.5, 0.6) is 0 Å². The van der Waals surface area contributed by atoms with Crippen molar-refractivity contribution in [1.29, 1.82) is 0 Å². The van der Waals surface area contributed by atoms with E-state index >= 15 is 0 Å². The summed E-state index contributed by atoms with van der Waals surface area (Å²) in [6, 6.07) is 0.0390. The van der Waals surface area contributed by atoms with Crippen molar-refractivity contribution in [3.05, 3.63) is 0 Å². The summed E-state index contributed by atoms with van der Waals surface area (Å²) in [5, 5.41) is 0. The Balaban J connectivity index is 1.92. The Morgan fingerprint density at radius 2 is 2.33 bits per heavy atom. The fraction of sp³-hybridized carbons (Fsp3) is 0.909. The molecule has 1 aliphatic heterocycles. The zero-order valence-corrected chi connectivity index (χ0v) is 9.37. The first-order valence-corrected chi connectivity index (χ1v) is 5.67. The van der Waals surface area contributed by atoms with E-state index in [0.29, 0.717) is 6.42 Å². The Morgan fingerprint density at radius 3 is 2.73 bits per heavy atom. The van der Waals surface area contributed by atoms with Gasteiger partial charge in [-0.05, 0) is 12.8 Å². The van der Waals surface area contributed by atoms with Gasteiger partial charge in [-0.15, -0.1) is 0 Å². The molecule has 1 atom stereocenters. The number of nitrogens with zero attached hydrogens (tertiary/aromatic N) is 1. The van der Waals surface area contributed by atoms with Crippen molar-refractivity contribution in [2.75, 3.05) is 26.8 Å². The van der Waals surface area contributed by atoms with Crippen LogP contribution in [0.4, 0.5) is 0 Å². The van der Waals surface area contributed by atoms with Crippen LogP contribution in [0.1, 0.15) is 25.7 Å². The Morgan fingerprint density at radius 1 is 1.60 bits per heavy atom. The fourth-order valence-corrected chi connectivity index (χ4v) is 2.69. The van der Waals surface area contributed by atoms with Crippen LogP contribution in [0.3, 0.4) is 0 Å². The molecule has 1 aliphatic carbocycles. The lowest BCUT2D eigenvalue weighted by Crippen LogP contribution is -2.46. The zero-order valence-electron chi connectivity index (χ0n) is 9.37. The SMILES string of the molecule is COCC1(CN2CC(N)CC2=O)CCC1. The van der Waals surface area contributed by atoms with Crippen LogP contribution in [-0.4, -0.2) is 43.7 Å². The van der Waals surface area contributed by atoms with Crippen LogP contribution >= 0.6 is 0 Å². The highest BCUT2D eigenvalue weighted by atomic mass is 16.5. The number of ether oxygens (including phenoxy) is 1. The first-order chi connectivity index (χ1) is 7.15. The predicted octanol–water partition coefficient (Wildman–Crippen LogP) is 0.363. The van der Waals surface area contributed by atoms with E-state index in [0.717, 1.165) is 19.7 Å². The second-order valence-electron chi connectivity index (χ2n) is 5.03. The number of carbonyl (C=O) groups is 1. The van der Waals surface area contributed by atoms with E-state index in [1.807, 2.05) is 4.90 Å². The number of hydrogen-bond acceptors (Lipinski definition) is 3. The van der Waals surface area contributed by atoms with Crippen molar-refractivity contribution in [2.45, 2.75) is 31.7 Å². The highest BCUT2D eigenvalue weighted by Crippen LogP contribution is 2.42. The molecule has 0 spiro atoms. The van der Waals surface area contributed by atoms with Gasteiger partial charge in [0.25, 0.3) is 0 Å². The molecule has 2 rings (SSSR count). The van der Waals surface area contributed by atoms with Gasteiger partial charge < -0.3 is 15.4 Å². The molecule has 86 valence electrons. The van der Waals surface area contributed by atoms with Gasteiger partial charge >= 0.3 is 0 Å². The van der Waals surface area contributed by atoms with Crippen LogP contribution < -0.4 is 5.73 Å². The Labute approximate surface area is 90.8 Å². The molecule has 0 aromatic rings. The summed E-state index contributed by atoms with van der Waals surface area (Å²) in [5.41, 5.74) is 6.00. The highest BCUT2D eigenvalue weighted by Gasteiger charge is 2.41. The minimum absolute atomic E-state index is 0.0390. The summed E-state index contributed by atoms with van der Waals surface area (Å²) < 4.78 is 5.25. The third-order valence-electron chi connectivity index (χ3n) is 3.64. The van der Waals surface area contributed by atoms with Gasteiger partial charge in [0.05, 0.1) is 6.61 Å². The maximum Gasteiger partial charge on any atom is 0.224 e. The molecule has 15 heavy (non-hydrogen) atoms. The molecule has 0 radical (unpaired) electrons. The van der Waals surface area contributed by atoms with Gasteiger partial charge in [0.1, 0.15) is 0 Å². The van der Waals surface area contributed by atoms with Crippen molar-refractivity contribution in [1.82, 2.24) is 4.90 Å². The summed E-state index contributed by atoms with van der Waals surface area (Å²) in [7, 11) is 1.73. The maximum absolute atomic E-state index is 11.6. The minimum atomic E-state index is 0.0390. The van der Waals surface area contributed by atoms with Gasteiger partial charge in [0, 0.05) is 38.1 Å². The average molecular weight is 212 g/mol. The first kappa shape index (κ1) is 10.9. The second-order valence-corrected chi connectivity index (χ2v) is 5.03. The van der Waals surface area contributed by atoms with E-state index in [1.54, 1.807) is 7.11 Å². The molecule has 4 heteroatoms. The van der Waals surface area contributed by atoms with Gasteiger partial charge in [-0.25, -0.2) is 0 Å². The standard InChI is InChI=1S/C11H20N2O2/c1-15-8-11(3-2-4-11)7-13-6-9(12)5-10(13)14/h9H,2-8,12H2,1H3. The van der Waals surface area contributed by atoms with Crippen molar-refractivity contribution >= 4 is 5.91 Å². The van der Waals surface area contributed by atoms with Gasteiger partial charge in [-0.1, -0.05) is 6.42 Å². The molecule has 2 N–H and O–H groups in total. The average Bonchev–Trinajstić information content (AvgIpc) is 2.42. The number of amides is 1. The van der Waals surface area contributed by atoms with Crippen LogP contribution in [0, 0.1) is 5.41 Å². The molecular formula is C11H20N2O2. The monoisotopic (exact) mass is 212 g/mol. The number of carbonyl (C=O) groups excluding carboxylic acids is 1. The molecule has 4 nitrogen and oxygen atoms in total. The lowest BCUT2D eigenvalue weighted by molar-refractivity contribution is -0.131. The van der Waals surface area contributed by atoms with Crippen LogP contribution in [0.15, 0.2) is 0 Å². The molecule has 1 heterocycles. The minimum Gasteiger partial charge on any atom is -0.384 e. The Kier molecular flexibility index (Phi) is 2.98. The number of nitrogens with two attached hydrogens (primary N) is 1. The van der Waals surface area contributed by atoms with Crippen LogP contribution in [0.25, 0.3) is 0 Å². The van der Waals surface area contributed by atoms with Crippen LogP contribution in [-0.2, 0) is 9.53 Å². The largest absolute Gasteiger partial charge is 0.384 e. The summed E-state index contributed by atoms with van der Waals surface area (Å²) >= 11 is 0. The van der Waals surface area contributed by atoms with Gasteiger partial charge in [-0.3, -0.25) is 4.79 Å². The van der Waals surface area contributed by atoms with E-state index in [9.17, 15) is 4.79 Å². The molecule has 1 unspecified atom stereocenters. The molecule has 2 fully saturated rings. The van der Waals surface area contributed by atoms with E-state index in [2.05, 4.69) is 0 Å². The molecule has 1 amide bonds. The quantitative estimate of drug-likeness (QED) is 0.732. The number of likely N-dealkylation sites (tertiary alicyclic amines) is 1. The topological polar surface area (TPSA) is 55.6 Å². The Bertz CT molecular complexity index is 251. The molecule has 1 saturated carbocycles. The number of hydrogen-bond donors (Lipinski definition) is 1. The fourth-order valence-electron chi connectivity index (χ4n) is 2.69. The number of methoxy groups -OCH3 is 1. The molecule has 0 aromatic heterocycles. The van der Waals surface area contributed by atoms with E-state index in [-0.39, 0.29) is 17.4 Å². The summed E-state index contributed by atoms with van der Waals surface area (Å²) in [5.74, 6) is 0.213. The van der Waals surface area contributed by atoms with Crippen molar-refractivity contribution in [2.24, 2.45) is 11.1 Å². The van der Waals surface area contributed by atoms with Crippen molar-refractivity contribution in [3.8, 4) is 0 Å². The smallest absolute Gasteiger partial charge is 0.224 e. The lowest BCUT2D eigenvalue weighted by atomic mass is 9.69. The highest BCUT2D eigenvalue weighted by molar-refractivity contribution is 5.79. The van der Waals surface area contributed by atoms with Crippen molar-refractivity contribution in [3.63, 3.8) is 0 Å². The molecule has 2 aliphatic rings. The van der Waals surface area contributed by atoms with Gasteiger partial charge in [0.15, 0.2) is 0 Å². The van der Waals surface area contributed by atoms with Crippen molar-refractivity contribution < 1.29 is 9.53 Å². The normalized spacial score (nSPS) is 29.3. The third-order valence-corrected chi connectivity index (χ3v) is 3.64.